The zero-order chi connectivity index (χ0) is 17.8. The molecule has 1 atom stereocenters. The number of aromatic nitrogens is 2. The van der Waals surface area contributed by atoms with Crippen molar-refractivity contribution in [2.24, 2.45) is 0 Å². The van der Waals surface area contributed by atoms with Crippen LogP contribution in [0.25, 0.3) is 10.2 Å². The Bertz CT molecular complexity index is 988. The van der Waals surface area contributed by atoms with E-state index in [2.05, 4.69) is 10.3 Å². The van der Waals surface area contributed by atoms with E-state index >= 15 is 0 Å². The highest BCUT2D eigenvalue weighted by atomic mass is 32.1. The predicted molar refractivity (Wildman–Crippen MR) is 98.9 cm³/mol. The molecular formula is C18H19N3O3S. The number of aromatic amines is 1. The van der Waals surface area contributed by atoms with Gasteiger partial charge in [0.1, 0.15) is 4.70 Å². The molecule has 2 aromatic heterocycles. The number of thiophene rings is 1. The van der Waals surface area contributed by atoms with Gasteiger partial charge in [0.15, 0.2) is 0 Å². The molecule has 3 aromatic rings. The Morgan fingerprint density at radius 1 is 1.24 bits per heavy atom. The molecule has 0 spiro atoms. The predicted octanol–water partition coefficient (Wildman–Crippen LogP) is 2.41. The number of hydrogen-bond donors (Lipinski definition) is 2. The first-order valence-electron chi connectivity index (χ1n) is 8.11. The Labute approximate surface area is 148 Å². The highest BCUT2D eigenvalue weighted by molar-refractivity contribution is 7.17. The summed E-state index contributed by atoms with van der Waals surface area (Å²) in [6.45, 7) is 2.14. The van der Waals surface area contributed by atoms with E-state index in [4.69, 9.17) is 0 Å². The maximum Gasteiger partial charge on any atom is 0.328 e. The van der Waals surface area contributed by atoms with Crippen LogP contribution >= 0.6 is 11.3 Å². The fraction of sp³-hybridized carbons (Fsp3) is 0.278. The molecule has 1 aromatic carbocycles. The van der Waals surface area contributed by atoms with Crippen molar-refractivity contribution in [1.82, 2.24) is 14.9 Å². The minimum absolute atomic E-state index is 0.0812. The lowest BCUT2D eigenvalue weighted by molar-refractivity contribution is -0.121. The fourth-order valence-corrected chi connectivity index (χ4v) is 3.51. The molecule has 7 heteroatoms. The number of rotatable bonds is 6. The van der Waals surface area contributed by atoms with Crippen molar-refractivity contribution in [3.05, 3.63) is 68.2 Å². The summed E-state index contributed by atoms with van der Waals surface area (Å²) in [5, 5.41) is 4.70. The van der Waals surface area contributed by atoms with E-state index < -0.39 is 5.69 Å². The second-order valence-corrected chi connectivity index (χ2v) is 6.77. The van der Waals surface area contributed by atoms with Crippen LogP contribution in [0.2, 0.25) is 0 Å². The molecule has 0 aliphatic rings. The lowest BCUT2D eigenvalue weighted by Gasteiger charge is -2.14. The molecule has 0 saturated heterocycles. The third-order valence-corrected chi connectivity index (χ3v) is 4.96. The zero-order valence-corrected chi connectivity index (χ0v) is 14.6. The first-order valence-corrected chi connectivity index (χ1v) is 8.99. The molecule has 0 radical (unpaired) electrons. The Morgan fingerprint density at radius 2 is 2.00 bits per heavy atom. The Kier molecular flexibility index (Phi) is 5.14. The number of fused-ring (bicyclic) bond motifs is 1. The minimum atomic E-state index is -0.436. The molecule has 1 amide bonds. The van der Waals surface area contributed by atoms with Crippen molar-refractivity contribution < 1.29 is 4.79 Å². The van der Waals surface area contributed by atoms with E-state index in [1.54, 1.807) is 11.4 Å². The number of carbonyl (C=O) groups is 1. The summed E-state index contributed by atoms with van der Waals surface area (Å²) < 4.78 is 1.69. The van der Waals surface area contributed by atoms with Crippen molar-refractivity contribution in [2.45, 2.75) is 32.4 Å². The van der Waals surface area contributed by atoms with Gasteiger partial charge in [0.25, 0.3) is 5.56 Å². The highest BCUT2D eigenvalue weighted by Crippen LogP contribution is 2.13. The van der Waals surface area contributed by atoms with E-state index in [9.17, 15) is 14.4 Å². The van der Waals surface area contributed by atoms with Crippen molar-refractivity contribution in [3.63, 3.8) is 0 Å². The fourth-order valence-electron chi connectivity index (χ4n) is 2.71. The van der Waals surface area contributed by atoms with Gasteiger partial charge in [-0.25, -0.2) is 4.79 Å². The number of hydrogen-bond acceptors (Lipinski definition) is 4. The van der Waals surface area contributed by atoms with Gasteiger partial charge in [-0.3, -0.25) is 14.2 Å². The number of amides is 1. The quantitative estimate of drug-likeness (QED) is 0.710. The van der Waals surface area contributed by atoms with E-state index in [0.29, 0.717) is 16.6 Å². The van der Waals surface area contributed by atoms with Gasteiger partial charge < -0.3 is 10.3 Å². The van der Waals surface area contributed by atoms with Crippen LogP contribution in [0.15, 0.2) is 51.4 Å². The molecule has 25 heavy (non-hydrogen) atoms. The minimum Gasteiger partial charge on any atom is -0.350 e. The van der Waals surface area contributed by atoms with Crippen molar-refractivity contribution in [2.75, 3.05) is 0 Å². The molecule has 130 valence electrons. The first-order chi connectivity index (χ1) is 12.1. The molecule has 3 rings (SSSR count). The van der Waals surface area contributed by atoms with Crippen LogP contribution < -0.4 is 16.6 Å². The lowest BCUT2D eigenvalue weighted by Crippen LogP contribution is -2.35. The van der Waals surface area contributed by atoms with Crippen molar-refractivity contribution in [1.29, 1.82) is 0 Å². The molecule has 0 fully saturated rings. The van der Waals surface area contributed by atoms with Crippen LogP contribution in [0.1, 0.15) is 31.4 Å². The van der Waals surface area contributed by atoms with E-state index in [-0.39, 0.29) is 30.5 Å². The molecule has 0 aliphatic heterocycles. The summed E-state index contributed by atoms with van der Waals surface area (Å²) in [4.78, 5) is 39.1. The van der Waals surface area contributed by atoms with E-state index in [1.807, 2.05) is 37.3 Å². The maximum absolute atomic E-state index is 12.3. The van der Waals surface area contributed by atoms with Crippen LogP contribution in [0.3, 0.4) is 0 Å². The SMILES string of the molecule is C[C@H](NC(=O)CCCn1c(=O)[nH]c2ccsc2c1=O)c1ccccc1. The number of nitrogens with zero attached hydrogens (tertiary/aromatic N) is 1. The summed E-state index contributed by atoms with van der Waals surface area (Å²) in [6.07, 6.45) is 0.679. The smallest absolute Gasteiger partial charge is 0.328 e. The molecule has 0 unspecified atom stereocenters. The highest BCUT2D eigenvalue weighted by Gasteiger charge is 2.11. The van der Waals surface area contributed by atoms with Crippen LogP contribution in [0.4, 0.5) is 0 Å². The van der Waals surface area contributed by atoms with E-state index in [1.165, 1.54) is 11.3 Å². The van der Waals surface area contributed by atoms with Crippen molar-refractivity contribution >= 4 is 27.5 Å². The Morgan fingerprint density at radius 3 is 2.76 bits per heavy atom. The summed E-state index contributed by atoms with van der Waals surface area (Å²) >= 11 is 1.30. The maximum atomic E-state index is 12.3. The average molecular weight is 357 g/mol. The van der Waals surface area contributed by atoms with Crippen LogP contribution in [0, 0.1) is 0 Å². The van der Waals surface area contributed by atoms with Gasteiger partial charge in [0, 0.05) is 13.0 Å². The molecule has 0 aliphatic carbocycles. The Hall–Kier alpha value is -2.67. The van der Waals surface area contributed by atoms with Gasteiger partial charge in [0.2, 0.25) is 5.91 Å². The topological polar surface area (TPSA) is 84.0 Å². The summed E-state index contributed by atoms with van der Waals surface area (Å²) in [6, 6.07) is 11.3. The van der Waals surface area contributed by atoms with Gasteiger partial charge in [-0.15, -0.1) is 11.3 Å². The third kappa shape index (κ3) is 3.88. The molecule has 2 heterocycles. The average Bonchev–Trinajstić information content (AvgIpc) is 3.07. The molecular weight excluding hydrogens is 338 g/mol. The van der Waals surface area contributed by atoms with Crippen LogP contribution in [-0.2, 0) is 11.3 Å². The van der Waals surface area contributed by atoms with Gasteiger partial charge in [-0.2, -0.15) is 0 Å². The zero-order valence-electron chi connectivity index (χ0n) is 13.8. The standard InChI is InChI=1S/C18H19N3O3S/c1-12(13-6-3-2-4-7-13)19-15(22)8-5-10-21-17(23)16-14(9-11-25-16)20-18(21)24/h2-4,6-7,9,11-12H,5,8,10H2,1H3,(H,19,22)(H,20,24)/t12-/m0/s1. The van der Waals surface area contributed by atoms with Gasteiger partial charge in [-0.05, 0) is 30.4 Å². The first kappa shape index (κ1) is 17.2. The second kappa shape index (κ2) is 7.48. The molecule has 6 nitrogen and oxygen atoms in total. The summed E-state index contributed by atoms with van der Waals surface area (Å²) in [5.74, 6) is -0.0990. The van der Waals surface area contributed by atoms with E-state index in [0.717, 1.165) is 10.1 Å². The summed E-state index contributed by atoms with van der Waals surface area (Å²) in [7, 11) is 0. The molecule has 0 bridgehead atoms. The summed E-state index contributed by atoms with van der Waals surface area (Å²) in [5.41, 5.74) is 0.859. The number of carbonyl (C=O) groups excluding carboxylic acids is 1. The normalized spacial score (nSPS) is 12.2. The molecule has 2 N–H and O–H groups in total. The Balaban J connectivity index is 1.59. The largest absolute Gasteiger partial charge is 0.350 e. The lowest BCUT2D eigenvalue weighted by atomic mass is 10.1. The van der Waals surface area contributed by atoms with Crippen LogP contribution in [0.5, 0.6) is 0 Å². The number of H-pyrrole nitrogens is 1. The van der Waals surface area contributed by atoms with Crippen molar-refractivity contribution in [3.8, 4) is 0 Å². The number of nitrogens with one attached hydrogen (secondary N) is 2. The second-order valence-electron chi connectivity index (χ2n) is 5.85. The monoisotopic (exact) mass is 357 g/mol. The van der Waals surface area contributed by atoms with Gasteiger partial charge in [0.05, 0.1) is 11.6 Å². The van der Waals surface area contributed by atoms with Gasteiger partial charge in [-0.1, -0.05) is 30.3 Å². The number of benzene rings is 1. The van der Waals surface area contributed by atoms with Crippen LogP contribution in [-0.4, -0.2) is 15.5 Å². The molecule has 0 saturated carbocycles. The van der Waals surface area contributed by atoms with Gasteiger partial charge >= 0.3 is 5.69 Å². The third-order valence-electron chi connectivity index (χ3n) is 4.05.